The second-order valence-electron chi connectivity index (χ2n) is 4.61. The lowest BCUT2D eigenvalue weighted by Gasteiger charge is -2.08. The molecule has 0 saturated carbocycles. The lowest BCUT2D eigenvalue weighted by Crippen LogP contribution is -2.42. The second-order valence-corrected chi connectivity index (χ2v) is 4.61. The summed E-state index contributed by atoms with van der Waals surface area (Å²) in [6.07, 6.45) is 1.63. The zero-order valence-electron chi connectivity index (χ0n) is 11.5. The normalized spacial score (nSPS) is 10.5. The maximum Gasteiger partial charge on any atom is 0.273 e. The molecule has 6 heteroatoms. The monoisotopic (exact) mass is 268 g/mol. The van der Waals surface area contributed by atoms with Gasteiger partial charge in [0.25, 0.3) is 5.91 Å². The molecule has 0 aliphatic rings. The van der Waals surface area contributed by atoms with Crippen molar-refractivity contribution in [3.63, 3.8) is 0 Å². The molecule has 0 aromatic carbocycles. The summed E-state index contributed by atoms with van der Waals surface area (Å²) in [6.45, 7) is 6.70. The summed E-state index contributed by atoms with van der Waals surface area (Å²) in [6, 6.07) is 1.54. The Bertz CT molecular complexity index is 426. The minimum atomic E-state index is -0.400. The van der Waals surface area contributed by atoms with E-state index in [1.54, 1.807) is 13.0 Å². The first-order valence-corrected chi connectivity index (χ1v) is 6.21. The van der Waals surface area contributed by atoms with Crippen molar-refractivity contribution in [1.29, 1.82) is 0 Å². The van der Waals surface area contributed by atoms with Gasteiger partial charge in [0.1, 0.15) is 5.76 Å². The number of carbonyl (C=O) groups is 2. The van der Waals surface area contributed by atoms with Gasteiger partial charge in [0.05, 0.1) is 24.9 Å². The molecule has 0 saturated heterocycles. The largest absolute Gasteiger partial charge is 0.469 e. The molecule has 0 bridgehead atoms. The predicted octanol–water partition coefficient (Wildman–Crippen LogP) is 1.41. The summed E-state index contributed by atoms with van der Waals surface area (Å²) in [5.41, 5.74) is 5.05. The van der Waals surface area contributed by atoms with E-state index in [9.17, 15) is 9.59 Å². The van der Waals surface area contributed by atoms with Crippen molar-refractivity contribution < 1.29 is 18.7 Å². The first kappa shape index (κ1) is 15.2. The van der Waals surface area contributed by atoms with E-state index >= 15 is 0 Å². The van der Waals surface area contributed by atoms with Crippen LogP contribution < -0.4 is 10.9 Å². The molecule has 0 aliphatic carbocycles. The number of aryl methyl sites for hydroxylation is 1. The van der Waals surface area contributed by atoms with E-state index in [1.807, 2.05) is 13.8 Å². The highest BCUT2D eigenvalue weighted by Gasteiger charge is 2.11. The van der Waals surface area contributed by atoms with Crippen LogP contribution in [-0.4, -0.2) is 25.0 Å². The second kappa shape index (κ2) is 7.58. The molecule has 0 radical (unpaired) electrons. The molecule has 1 rings (SSSR count). The molecular weight excluding hydrogens is 248 g/mol. The van der Waals surface area contributed by atoms with Gasteiger partial charge >= 0.3 is 0 Å². The average molecular weight is 268 g/mol. The van der Waals surface area contributed by atoms with E-state index in [1.165, 1.54) is 6.26 Å². The van der Waals surface area contributed by atoms with Crippen molar-refractivity contribution in [3.05, 3.63) is 23.7 Å². The molecule has 1 heterocycles. The van der Waals surface area contributed by atoms with E-state index in [0.29, 0.717) is 30.5 Å². The highest BCUT2D eigenvalue weighted by atomic mass is 16.5. The van der Waals surface area contributed by atoms with Crippen molar-refractivity contribution in [2.45, 2.75) is 27.2 Å². The van der Waals surface area contributed by atoms with Crippen LogP contribution in [0, 0.1) is 12.8 Å². The zero-order chi connectivity index (χ0) is 14.3. The number of hydrogen-bond donors (Lipinski definition) is 2. The number of hydrazine groups is 1. The van der Waals surface area contributed by atoms with Crippen LogP contribution in [-0.2, 0) is 9.53 Å². The average Bonchev–Trinajstić information content (AvgIpc) is 2.78. The topological polar surface area (TPSA) is 80.6 Å². The molecule has 6 nitrogen and oxygen atoms in total. The van der Waals surface area contributed by atoms with Crippen LogP contribution in [0.1, 0.15) is 36.4 Å². The first-order chi connectivity index (χ1) is 9.00. The Morgan fingerprint density at radius 3 is 2.68 bits per heavy atom. The summed E-state index contributed by atoms with van der Waals surface area (Å²) in [5.74, 6) is 0.250. The number of furan rings is 1. The maximum absolute atomic E-state index is 11.6. The van der Waals surface area contributed by atoms with Gasteiger partial charge in [-0.3, -0.25) is 20.4 Å². The SMILES string of the molecule is Cc1occc1C(=O)NNC(=O)CCOCC(C)C. The lowest BCUT2D eigenvalue weighted by molar-refractivity contribution is -0.123. The fourth-order valence-electron chi connectivity index (χ4n) is 1.36. The van der Waals surface area contributed by atoms with Crippen LogP contribution >= 0.6 is 0 Å². The van der Waals surface area contributed by atoms with Crippen LogP contribution in [0.25, 0.3) is 0 Å². The molecule has 0 atom stereocenters. The molecular formula is C13H20N2O4. The van der Waals surface area contributed by atoms with Crippen molar-refractivity contribution in [2.24, 2.45) is 5.92 Å². The van der Waals surface area contributed by atoms with Crippen LogP contribution in [0.15, 0.2) is 16.7 Å². The first-order valence-electron chi connectivity index (χ1n) is 6.21. The van der Waals surface area contributed by atoms with Crippen molar-refractivity contribution in [3.8, 4) is 0 Å². The summed E-state index contributed by atoms with van der Waals surface area (Å²) in [7, 11) is 0. The smallest absolute Gasteiger partial charge is 0.273 e. The number of nitrogens with one attached hydrogen (secondary N) is 2. The highest BCUT2D eigenvalue weighted by Crippen LogP contribution is 2.07. The molecule has 2 N–H and O–H groups in total. The van der Waals surface area contributed by atoms with Crippen LogP contribution in [0.4, 0.5) is 0 Å². The molecule has 2 amide bonds. The summed E-state index contributed by atoms with van der Waals surface area (Å²) < 4.78 is 10.3. The van der Waals surface area contributed by atoms with E-state index in [4.69, 9.17) is 9.15 Å². The molecule has 0 fully saturated rings. The summed E-state index contributed by atoms with van der Waals surface area (Å²) >= 11 is 0. The molecule has 0 unspecified atom stereocenters. The van der Waals surface area contributed by atoms with Gasteiger partial charge in [-0.15, -0.1) is 0 Å². The third-order valence-corrected chi connectivity index (χ3v) is 2.34. The van der Waals surface area contributed by atoms with E-state index in [2.05, 4.69) is 10.9 Å². The maximum atomic E-state index is 11.6. The number of rotatable bonds is 6. The summed E-state index contributed by atoms with van der Waals surface area (Å²) in [4.78, 5) is 23.1. The van der Waals surface area contributed by atoms with Crippen molar-refractivity contribution >= 4 is 11.8 Å². The van der Waals surface area contributed by atoms with Crippen LogP contribution in [0.3, 0.4) is 0 Å². The molecule has 19 heavy (non-hydrogen) atoms. The zero-order valence-corrected chi connectivity index (χ0v) is 11.5. The molecule has 0 aliphatic heterocycles. The third kappa shape index (κ3) is 5.56. The Labute approximate surface area is 112 Å². The Morgan fingerprint density at radius 2 is 2.11 bits per heavy atom. The van der Waals surface area contributed by atoms with E-state index in [-0.39, 0.29) is 12.3 Å². The van der Waals surface area contributed by atoms with Gasteiger partial charge < -0.3 is 9.15 Å². The predicted molar refractivity (Wildman–Crippen MR) is 69.3 cm³/mol. The van der Waals surface area contributed by atoms with Crippen molar-refractivity contribution in [2.75, 3.05) is 13.2 Å². The van der Waals surface area contributed by atoms with Crippen LogP contribution in [0.5, 0.6) is 0 Å². The molecule has 106 valence electrons. The van der Waals surface area contributed by atoms with Gasteiger partial charge in [0.15, 0.2) is 0 Å². The Morgan fingerprint density at radius 1 is 1.37 bits per heavy atom. The summed E-state index contributed by atoms with van der Waals surface area (Å²) in [5, 5.41) is 0. The minimum Gasteiger partial charge on any atom is -0.469 e. The Kier molecular flexibility index (Phi) is 6.08. The Hall–Kier alpha value is -1.82. The molecule has 1 aromatic heterocycles. The number of hydrogen-bond acceptors (Lipinski definition) is 4. The van der Waals surface area contributed by atoms with Crippen LogP contribution in [0.2, 0.25) is 0 Å². The number of amides is 2. The number of carbonyl (C=O) groups excluding carboxylic acids is 2. The standard InChI is InChI=1S/C13H20N2O4/c1-9(2)8-18-6-5-12(16)14-15-13(17)11-4-7-19-10(11)3/h4,7,9H,5-6,8H2,1-3H3,(H,14,16)(H,15,17). The van der Waals surface area contributed by atoms with Gasteiger partial charge in [0, 0.05) is 6.61 Å². The van der Waals surface area contributed by atoms with Crippen molar-refractivity contribution in [1.82, 2.24) is 10.9 Å². The van der Waals surface area contributed by atoms with E-state index < -0.39 is 5.91 Å². The minimum absolute atomic E-state index is 0.206. The quantitative estimate of drug-likeness (QED) is 0.604. The number of ether oxygens (including phenoxy) is 1. The van der Waals surface area contributed by atoms with Gasteiger partial charge in [0.2, 0.25) is 5.91 Å². The van der Waals surface area contributed by atoms with E-state index in [0.717, 1.165) is 0 Å². The highest BCUT2D eigenvalue weighted by molar-refractivity contribution is 5.96. The fourth-order valence-corrected chi connectivity index (χ4v) is 1.36. The lowest BCUT2D eigenvalue weighted by atomic mass is 10.2. The molecule has 0 spiro atoms. The van der Waals surface area contributed by atoms with Gasteiger partial charge in [-0.25, -0.2) is 0 Å². The van der Waals surface area contributed by atoms with Gasteiger partial charge in [-0.2, -0.15) is 0 Å². The molecule has 1 aromatic rings. The fraction of sp³-hybridized carbons (Fsp3) is 0.538. The Balaban J connectivity index is 2.20. The van der Waals surface area contributed by atoms with Gasteiger partial charge in [-0.1, -0.05) is 13.8 Å². The van der Waals surface area contributed by atoms with Gasteiger partial charge in [-0.05, 0) is 18.9 Å². The third-order valence-electron chi connectivity index (χ3n) is 2.34.